The van der Waals surface area contributed by atoms with Crippen molar-refractivity contribution in [3.05, 3.63) is 78.1 Å². The molecule has 0 spiro atoms. The van der Waals surface area contributed by atoms with Gasteiger partial charge >= 0.3 is 0 Å². The van der Waals surface area contributed by atoms with Crippen molar-refractivity contribution in [2.24, 2.45) is 0 Å². The Morgan fingerprint density at radius 3 is 2.83 bits per heavy atom. The highest BCUT2D eigenvalue weighted by atomic mass is 32.2. The molecule has 0 unspecified atom stereocenters. The molecule has 1 amide bonds. The minimum Gasteiger partial charge on any atom is -0.497 e. The summed E-state index contributed by atoms with van der Waals surface area (Å²) in [5, 5.41) is 12.4. The lowest BCUT2D eigenvalue weighted by atomic mass is 10.2. The van der Waals surface area contributed by atoms with E-state index < -0.39 is 0 Å². The van der Waals surface area contributed by atoms with Gasteiger partial charge in [-0.2, -0.15) is 0 Å². The van der Waals surface area contributed by atoms with Crippen molar-refractivity contribution in [2.45, 2.75) is 30.7 Å². The number of hydrogen-bond donors (Lipinski definition) is 1. The zero-order chi connectivity index (χ0) is 21.3. The molecular weight excluding hydrogens is 396 g/mol. The molecule has 3 rings (SSSR count). The first-order valence-electron chi connectivity index (χ1n) is 9.75. The van der Waals surface area contributed by atoms with Gasteiger partial charge in [0.2, 0.25) is 5.91 Å². The molecule has 1 heterocycles. The van der Waals surface area contributed by atoms with Gasteiger partial charge in [0, 0.05) is 31.2 Å². The van der Waals surface area contributed by atoms with Gasteiger partial charge in [0.05, 0.1) is 12.8 Å². The van der Waals surface area contributed by atoms with Crippen LogP contribution in [-0.2, 0) is 17.0 Å². The zero-order valence-corrected chi connectivity index (χ0v) is 18.1. The van der Waals surface area contributed by atoms with E-state index in [0.717, 1.165) is 28.2 Å². The topological polar surface area (TPSA) is 69.0 Å². The highest BCUT2D eigenvalue weighted by molar-refractivity contribution is 7.98. The van der Waals surface area contributed by atoms with Crippen molar-refractivity contribution >= 4 is 17.7 Å². The molecular formula is C23H26N4O2S. The Hall–Kier alpha value is -3.06. The number of nitrogens with zero attached hydrogens (tertiary/aromatic N) is 3. The number of ether oxygens (including phenoxy) is 1. The standard InChI is InChI=1S/C23H26N4O2S/c1-4-13-24-22(28)12-11-21-25-26-23(30-16-18-8-5-7-17(2)14-18)27(21)19-9-6-10-20(15-19)29-3/h4-10,14-15H,1,11-13,16H2,2-3H3,(H,24,28). The molecule has 0 saturated carbocycles. The second kappa shape index (κ2) is 10.6. The summed E-state index contributed by atoms with van der Waals surface area (Å²) < 4.78 is 7.39. The highest BCUT2D eigenvalue weighted by Gasteiger charge is 2.16. The van der Waals surface area contributed by atoms with Crippen LogP contribution in [-0.4, -0.2) is 34.3 Å². The number of hydrogen-bond acceptors (Lipinski definition) is 5. The number of amides is 1. The molecule has 0 saturated heterocycles. The van der Waals surface area contributed by atoms with E-state index in [1.807, 2.05) is 28.8 Å². The van der Waals surface area contributed by atoms with Gasteiger partial charge in [-0.1, -0.05) is 53.7 Å². The van der Waals surface area contributed by atoms with E-state index in [4.69, 9.17) is 4.74 Å². The number of thioether (sulfide) groups is 1. The number of rotatable bonds is 10. The molecule has 0 aliphatic rings. The van der Waals surface area contributed by atoms with Crippen LogP contribution in [0.25, 0.3) is 5.69 Å². The Balaban J connectivity index is 1.85. The maximum absolute atomic E-state index is 12.0. The Labute approximate surface area is 181 Å². The molecule has 0 atom stereocenters. The molecule has 3 aromatic rings. The van der Waals surface area contributed by atoms with E-state index in [1.165, 1.54) is 11.1 Å². The van der Waals surface area contributed by atoms with E-state index in [1.54, 1.807) is 24.9 Å². The molecule has 156 valence electrons. The lowest BCUT2D eigenvalue weighted by molar-refractivity contribution is -0.120. The summed E-state index contributed by atoms with van der Waals surface area (Å²) in [7, 11) is 1.64. The summed E-state index contributed by atoms with van der Waals surface area (Å²) in [6.45, 7) is 6.16. The second-order valence-corrected chi connectivity index (χ2v) is 7.75. The first-order valence-corrected chi connectivity index (χ1v) is 10.7. The van der Waals surface area contributed by atoms with Crippen LogP contribution >= 0.6 is 11.8 Å². The molecule has 0 bridgehead atoms. The average Bonchev–Trinajstić information content (AvgIpc) is 3.17. The minimum atomic E-state index is -0.0379. The van der Waals surface area contributed by atoms with E-state index in [2.05, 4.69) is 53.3 Å². The summed E-state index contributed by atoms with van der Waals surface area (Å²) in [6.07, 6.45) is 2.48. The normalized spacial score (nSPS) is 10.6. The largest absolute Gasteiger partial charge is 0.497 e. The Morgan fingerprint density at radius 2 is 2.07 bits per heavy atom. The highest BCUT2D eigenvalue weighted by Crippen LogP contribution is 2.27. The van der Waals surface area contributed by atoms with Crippen molar-refractivity contribution in [3.8, 4) is 11.4 Å². The number of carbonyl (C=O) groups is 1. The van der Waals surface area contributed by atoms with Gasteiger partial charge < -0.3 is 10.1 Å². The first kappa shape index (κ1) is 21.6. The van der Waals surface area contributed by atoms with Gasteiger partial charge in [0.25, 0.3) is 0 Å². The van der Waals surface area contributed by atoms with Crippen molar-refractivity contribution < 1.29 is 9.53 Å². The summed E-state index contributed by atoms with van der Waals surface area (Å²) in [5.74, 6) is 2.24. The van der Waals surface area contributed by atoms with Gasteiger partial charge in [-0.15, -0.1) is 16.8 Å². The smallest absolute Gasteiger partial charge is 0.220 e. The van der Waals surface area contributed by atoms with E-state index in [0.29, 0.717) is 19.4 Å². The predicted molar refractivity (Wildman–Crippen MR) is 120 cm³/mol. The fourth-order valence-electron chi connectivity index (χ4n) is 3.01. The first-order chi connectivity index (χ1) is 14.6. The summed E-state index contributed by atoms with van der Waals surface area (Å²) in [4.78, 5) is 12.0. The number of carbonyl (C=O) groups excluding carboxylic acids is 1. The number of aromatic nitrogens is 3. The van der Waals surface area contributed by atoms with Crippen LogP contribution in [0.5, 0.6) is 5.75 Å². The van der Waals surface area contributed by atoms with Crippen LogP contribution in [0.15, 0.2) is 66.3 Å². The third-order valence-corrected chi connectivity index (χ3v) is 5.48. The molecule has 0 fully saturated rings. The fourth-order valence-corrected chi connectivity index (χ4v) is 3.93. The number of aryl methyl sites for hydroxylation is 2. The molecule has 1 aromatic heterocycles. The second-order valence-electron chi connectivity index (χ2n) is 6.81. The van der Waals surface area contributed by atoms with Crippen molar-refractivity contribution in [1.29, 1.82) is 0 Å². The summed E-state index contributed by atoms with van der Waals surface area (Å²) in [6, 6.07) is 16.2. The van der Waals surface area contributed by atoms with Crippen LogP contribution < -0.4 is 10.1 Å². The lowest BCUT2D eigenvalue weighted by Crippen LogP contribution is -2.23. The molecule has 30 heavy (non-hydrogen) atoms. The van der Waals surface area contributed by atoms with Crippen molar-refractivity contribution in [1.82, 2.24) is 20.1 Å². The van der Waals surface area contributed by atoms with Crippen LogP contribution in [0.1, 0.15) is 23.4 Å². The minimum absolute atomic E-state index is 0.0379. The summed E-state index contributed by atoms with van der Waals surface area (Å²) >= 11 is 1.62. The van der Waals surface area contributed by atoms with Crippen LogP contribution in [0.4, 0.5) is 0 Å². The number of benzene rings is 2. The fraction of sp³-hybridized carbons (Fsp3) is 0.261. The Bertz CT molecular complexity index is 1020. The van der Waals surface area contributed by atoms with E-state index >= 15 is 0 Å². The van der Waals surface area contributed by atoms with Crippen LogP contribution in [0.3, 0.4) is 0 Å². The molecule has 0 aliphatic carbocycles. The molecule has 6 nitrogen and oxygen atoms in total. The third-order valence-electron chi connectivity index (χ3n) is 4.48. The maximum Gasteiger partial charge on any atom is 0.220 e. The van der Waals surface area contributed by atoms with Crippen LogP contribution in [0.2, 0.25) is 0 Å². The monoisotopic (exact) mass is 422 g/mol. The Kier molecular flexibility index (Phi) is 7.68. The quantitative estimate of drug-likeness (QED) is 0.393. The Morgan fingerprint density at radius 1 is 1.23 bits per heavy atom. The number of nitrogens with one attached hydrogen (secondary N) is 1. The molecule has 7 heteroatoms. The summed E-state index contributed by atoms with van der Waals surface area (Å²) in [5.41, 5.74) is 3.37. The van der Waals surface area contributed by atoms with Gasteiger partial charge in [-0.25, -0.2) is 0 Å². The third kappa shape index (κ3) is 5.73. The average molecular weight is 423 g/mol. The van der Waals surface area contributed by atoms with Gasteiger partial charge in [-0.3, -0.25) is 9.36 Å². The SMILES string of the molecule is C=CCNC(=O)CCc1nnc(SCc2cccc(C)c2)n1-c1cccc(OC)c1. The van der Waals surface area contributed by atoms with Gasteiger partial charge in [0.1, 0.15) is 11.6 Å². The number of methoxy groups -OCH3 is 1. The maximum atomic E-state index is 12.0. The molecule has 0 radical (unpaired) electrons. The van der Waals surface area contributed by atoms with Gasteiger partial charge in [-0.05, 0) is 24.6 Å². The van der Waals surface area contributed by atoms with Crippen molar-refractivity contribution in [2.75, 3.05) is 13.7 Å². The van der Waals surface area contributed by atoms with E-state index in [-0.39, 0.29) is 5.91 Å². The molecule has 2 aromatic carbocycles. The van der Waals surface area contributed by atoms with Gasteiger partial charge in [0.15, 0.2) is 5.16 Å². The zero-order valence-electron chi connectivity index (χ0n) is 17.3. The lowest BCUT2D eigenvalue weighted by Gasteiger charge is -2.12. The predicted octanol–water partition coefficient (Wildman–Crippen LogP) is 4.11. The van der Waals surface area contributed by atoms with Crippen molar-refractivity contribution in [3.63, 3.8) is 0 Å². The van der Waals surface area contributed by atoms with E-state index in [9.17, 15) is 4.79 Å². The molecule has 1 N–H and O–H groups in total. The van der Waals surface area contributed by atoms with Crippen LogP contribution in [0, 0.1) is 6.92 Å². The molecule has 0 aliphatic heterocycles.